The normalized spacial score (nSPS) is 26.9. The van der Waals surface area contributed by atoms with Gasteiger partial charge in [-0.15, -0.1) is 0 Å². The fraction of sp³-hybridized carbons (Fsp3) is 0.500. The second-order valence-electron chi connectivity index (χ2n) is 4.02. The summed E-state index contributed by atoms with van der Waals surface area (Å²) < 4.78 is 0. The molecule has 0 unspecified atom stereocenters. The number of benzene rings is 1. The summed E-state index contributed by atoms with van der Waals surface area (Å²) in [5.41, 5.74) is 8.95. The Morgan fingerprint density at radius 2 is 2.15 bits per heavy atom. The fourth-order valence-electron chi connectivity index (χ4n) is 2.27. The third kappa shape index (κ3) is 1.61. The molecule has 0 radical (unpaired) electrons. The maximum atomic E-state index is 6.11. The molecular weight excluding hydrogens is 158 g/mol. The van der Waals surface area contributed by atoms with Gasteiger partial charge in [-0.2, -0.15) is 0 Å². The summed E-state index contributed by atoms with van der Waals surface area (Å²) >= 11 is 0. The van der Waals surface area contributed by atoms with Crippen LogP contribution < -0.4 is 5.73 Å². The summed E-state index contributed by atoms with van der Waals surface area (Å²) in [7, 11) is 0. The Bertz CT molecular complexity index is 293. The van der Waals surface area contributed by atoms with Gasteiger partial charge in [0.25, 0.3) is 0 Å². The predicted molar refractivity (Wildman–Crippen MR) is 55.5 cm³/mol. The molecule has 70 valence electrons. The Balaban J connectivity index is 2.31. The van der Waals surface area contributed by atoms with Crippen LogP contribution in [0.2, 0.25) is 0 Å². The molecule has 1 nitrogen and oxygen atoms in total. The summed E-state index contributed by atoms with van der Waals surface area (Å²) in [6.07, 6.45) is 3.63. The molecule has 0 saturated heterocycles. The highest BCUT2D eigenvalue weighted by Crippen LogP contribution is 2.32. The van der Waals surface area contributed by atoms with Crippen molar-refractivity contribution in [2.75, 3.05) is 0 Å². The zero-order valence-electron chi connectivity index (χ0n) is 8.16. The Morgan fingerprint density at radius 1 is 1.38 bits per heavy atom. The second kappa shape index (κ2) is 3.51. The molecule has 0 heterocycles. The van der Waals surface area contributed by atoms with Crippen molar-refractivity contribution in [3.63, 3.8) is 0 Å². The van der Waals surface area contributed by atoms with E-state index in [0.29, 0.717) is 0 Å². The summed E-state index contributed by atoms with van der Waals surface area (Å²) in [6.45, 7) is 2.26. The van der Waals surface area contributed by atoms with Crippen LogP contribution in [-0.4, -0.2) is 0 Å². The number of hydrogen-bond acceptors (Lipinski definition) is 1. The van der Waals surface area contributed by atoms with E-state index in [4.69, 9.17) is 5.73 Å². The van der Waals surface area contributed by atoms with Gasteiger partial charge in [-0.3, -0.25) is 0 Å². The minimum absolute atomic E-state index is 0.273. The molecule has 1 heteroatoms. The van der Waals surface area contributed by atoms with Crippen molar-refractivity contribution in [2.45, 2.75) is 32.2 Å². The Hall–Kier alpha value is -0.820. The van der Waals surface area contributed by atoms with Crippen LogP contribution in [0.25, 0.3) is 0 Å². The van der Waals surface area contributed by atoms with E-state index in [9.17, 15) is 0 Å². The maximum Gasteiger partial charge on any atom is 0.0300 e. The Morgan fingerprint density at radius 3 is 2.92 bits per heavy atom. The van der Waals surface area contributed by atoms with Gasteiger partial charge in [0.15, 0.2) is 0 Å². The Kier molecular flexibility index (Phi) is 2.36. The van der Waals surface area contributed by atoms with E-state index >= 15 is 0 Å². The highest BCUT2D eigenvalue weighted by atomic mass is 14.6. The standard InChI is InChI=1S/C12H17N/c1-2-9-7-10-5-3-4-6-11(10)12(13)8-9/h3-6,9,12H,2,7-8,13H2,1H3/t9-,12+/m1/s1. The summed E-state index contributed by atoms with van der Waals surface area (Å²) in [4.78, 5) is 0. The van der Waals surface area contributed by atoms with E-state index in [2.05, 4.69) is 31.2 Å². The van der Waals surface area contributed by atoms with Crippen LogP contribution in [0.5, 0.6) is 0 Å². The van der Waals surface area contributed by atoms with Crippen LogP contribution in [0.3, 0.4) is 0 Å². The monoisotopic (exact) mass is 175 g/mol. The summed E-state index contributed by atoms with van der Waals surface area (Å²) in [6, 6.07) is 8.87. The van der Waals surface area contributed by atoms with E-state index in [1.165, 1.54) is 24.0 Å². The molecule has 0 saturated carbocycles. The molecule has 2 atom stereocenters. The van der Waals surface area contributed by atoms with E-state index < -0.39 is 0 Å². The van der Waals surface area contributed by atoms with Crippen molar-refractivity contribution in [3.05, 3.63) is 35.4 Å². The van der Waals surface area contributed by atoms with Crippen LogP contribution in [0, 0.1) is 5.92 Å². The average Bonchev–Trinajstić information content (AvgIpc) is 2.18. The quantitative estimate of drug-likeness (QED) is 0.697. The smallest absolute Gasteiger partial charge is 0.0300 e. The third-order valence-corrected chi connectivity index (χ3v) is 3.13. The van der Waals surface area contributed by atoms with Gasteiger partial charge in [-0.05, 0) is 29.9 Å². The molecule has 0 bridgehead atoms. The molecule has 0 aliphatic heterocycles. The highest BCUT2D eigenvalue weighted by Gasteiger charge is 2.22. The van der Waals surface area contributed by atoms with Gasteiger partial charge < -0.3 is 5.73 Å². The zero-order chi connectivity index (χ0) is 9.26. The second-order valence-corrected chi connectivity index (χ2v) is 4.02. The fourth-order valence-corrected chi connectivity index (χ4v) is 2.27. The van der Waals surface area contributed by atoms with Crippen LogP contribution >= 0.6 is 0 Å². The molecule has 2 rings (SSSR count). The predicted octanol–water partition coefficient (Wildman–Crippen LogP) is 2.66. The molecule has 2 N–H and O–H groups in total. The van der Waals surface area contributed by atoms with E-state index in [0.717, 1.165) is 12.3 Å². The SMILES string of the molecule is CC[C@@H]1Cc2ccccc2[C@@H](N)C1. The Labute approximate surface area is 80.0 Å². The van der Waals surface area contributed by atoms with Gasteiger partial charge in [0.05, 0.1) is 0 Å². The summed E-state index contributed by atoms with van der Waals surface area (Å²) in [5, 5.41) is 0. The van der Waals surface area contributed by atoms with Gasteiger partial charge in [0.2, 0.25) is 0 Å². The van der Waals surface area contributed by atoms with E-state index in [-0.39, 0.29) is 6.04 Å². The van der Waals surface area contributed by atoms with Gasteiger partial charge >= 0.3 is 0 Å². The van der Waals surface area contributed by atoms with Crippen molar-refractivity contribution in [1.82, 2.24) is 0 Å². The zero-order valence-corrected chi connectivity index (χ0v) is 8.16. The van der Waals surface area contributed by atoms with Gasteiger partial charge in [0.1, 0.15) is 0 Å². The largest absolute Gasteiger partial charge is 0.324 e. The molecule has 1 aliphatic carbocycles. The molecule has 0 spiro atoms. The molecule has 1 aliphatic rings. The van der Waals surface area contributed by atoms with Gasteiger partial charge in [-0.1, -0.05) is 37.6 Å². The van der Waals surface area contributed by atoms with Crippen molar-refractivity contribution in [1.29, 1.82) is 0 Å². The first-order valence-electron chi connectivity index (χ1n) is 5.14. The number of rotatable bonds is 1. The van der Waals surface area contributed by atoms with E-state index in [1.54, 1.807) is 0 Å². The molecule has 0 aromatic heterocycles. The maximum absolute atomic E-state index is 6.11. The minimum Gasteiger partial charge on any atom is -0.324 e. The first-order valence-corrected chi connectivity index (χ1v) is 5.14. The van der Waals surface area contributed by atoms with Crippen LogP contribution in [0.4, 0.5) is 0 Å². The average molecular weight is 175 g/mol. The number of nitrogens with two attached hydrogens (primary N) is 1. The molecule has 1 aromatic rings. The summed E-state index contributed by atoms with van der Waals surface area (Å²) in [5.74, 6) is 0.796. The lowest BCUT2D eigenvalue weighted by Crippen LogP contribution is -2.23. The molecule has 1 aromatic carbocycles. The van der Waals surface area contributed by atoms with Crippen LogP contribution in [0.1, 0.15) is 36.9 Å². The topological polar surface area (TPSA) is 26.0 Å². The van der Waals surface area contributed by atoms with Crippen molar-refractivity contribution >= 4 is 0 Å². The van der Waals surface area contributed by atoms with Crippen molar-refractivity contribution < 1.29 is 0 Å². The lowest BCUT2D eigenvalue weighted by Gasteiger charge is -2.28. The van der Waals surface area contributed by atoms with Crippen LogP contribution in [0.15, 0.2) is 24.3 Å². The number of fused-ring (bicyclic) bond motifs is 1. The first kappa shape index (κ1) is 8.76. The highest BCUT2D eigenvalue weighted by molar-refractivity contribution is 5.32. The van der Waals surface area contributed by atoms with E-state index in [1.807, 2.05) is 0 Å². The van der Waals surface area contributed by atoms with Gasteiger partial charge in [0, 0.05) is 6.04 Å². The minimum atomic E-state index is 0.273. The molecule has 0 fully saturated rings. The van der Waals surface area contributed by atoms with Crippen molar-refractivity contribution in [3.8, 4) is 0 Å². The third-order valence-electron chi connectivity index (χ3n) is 3.13. The van der Waals surface area contributed by atoms with Crippen molar-refractivity contribution in [2.24, 2.45) is 11.7 Å². The molecule has 13 heavy (non-hydrogen) atoms. The molecular formula is C12H17N. The van der Waals surface area contributed by atoms with Crippen LogP contribution in [-0.2, 0) is 6.42 Å². The molecule has 0 amide bonds. The van der Waals surface area contributed by atoms with Gasteiger partial charge in [-0.25, -0.2) is 0 Å². The lowest BCUT2D eigenvalue weighted by atomic mass is 9.80. The first-order chi connectivity index (χ1) is 6.31. The number of hydrogen-bond donors (Lipinski definition) is 1. The lowest BCUT2D eigenvalue weighted by molar-refractivity contribution is 0.397.